The molecule has 0 bridgehead atoms. The summed E-state index contributed by atoms with van der Waals surface area (Å²) in [6.07, 6.45) is 1.56. The van der Waals surface area contributed by atoms with Gasteiger partial charge >= 0.3 is 0 Å². The molecule has 0 saturated carbocycles. The van der Waals surface area contributed by atoms with E-state index in [0.29, 0.717) is 11.9 Å². The van der Waals surface area contributed by atoms with E-state index in [1.807, 2.05) is 36.4 Å². The third-order valence-electron chi connectivity index (χ3n) is 3.50. The van der Waals surface area contributed by atoms with Crippen LogP contribution < -0.4 is 4.90 Å². The van der Waals surface area contributed by atoms with Gasteiger partial charge in [0, 0.05) is 11.4 Å². The molecule has 0 atom stereocenters. The maximum absolute atomic E-state index is 6.14. The first-order valence-electron chi connectivity index (χ1n) is 7.81. The number of hydrogen-bond donors (Lipinski definition) is 0. The van der Waals surface area contributed by atoms with Gasteiger partial charge in [0.2, 0.25) is 0 Å². The number of hydrogen-bond acceptors (Lipinski definition) is 4. The van der Waals surface area contributed by atoms with E-state index in [-0.39, 0.29) is 0 Å². The summed E-state index contributed by atoms with van der Waals surface area (Å²) in [6, 6.07) is 16.2. The minimum atomic E-state index is -1.64. The Labute approximate surface area is 148 Å². The molecule has 0 aliphatic rings. The molecule has 6 heteroatoms. The highest BCUT2D eigenvalue weighted by Crippen LogP contribution is 2.28. The molecule has 1 heterocycles. The zero-order chi connectivity index (χ0) is 17.2. The molecule has 4 nitrogen and oxygen atoms in total. The summed E-state index contributed by atoms with van der Waals surface area (Å²) in [7, 11) is -1.64. The van der Waals surface area contributed by atoms with Gasteiger partial charge < -0.3 is 9.33 Å². The first kappa shape index (κ1) is 16.9. The lowest BCUT2D eigenvalue weighted by Crippen LogP contribution is -2.32. The summed E-state index contributed by atoms with van der Waals surface area (Å²) in [5.41, 5.74) is 3.67. The smallest absolute Gasteiger partial charge is 0.186 e. The Morgan fingerprint density at radius 3 is 2.46 bits per heavy atom. The molecule has 0 unspecified atom stereocenters. The van der Waals surface area contributed by atoms with Gasteiger partial charge in [-0.2, -0.15) is 0 Å². The van der Waals surface area contributed by atoms with Gasteiger partial charge in [0.25, 0.3) is 0 Å². The molecule has 0 amide bonds. The van der Waals surface area contributed by atoms with Crippen molar-refractivity contribution in [2.75, 3.05) is 11.6 Å². The lowest BCUT2D eigenvalue weighted by atomic mass is 10.2. The summed E-state index contributed by atoms with van der Waals surface area (Å²) >= 11 is 5.98. The lowest BCUT2D eigenvalue weighted by molar-refractivity contribution is 0.321. The normalized spacial score (nSPS) is 11.7. The first-order valence-corrected chi connectivity index (χ1v) is 11.6. The molecule has 2 aromatic carbocycles. The Morgan fingerprint density at radius 2 is 1.75 bits per heavy atom. The number of aromatic nitrogens is 2. The summed E-state index contributed by atoms with van der Waals surface area (Å²) in [4.78, 5) is 10.8. The SMILES string of the molecule is C[Si](C)(C)OCN(c1ccccc1)c1ccc2ncc(Cl)nc2c1. The average molecular weight is 358 g/mol. The number of benzene rings is 2. The van der Waals surface area contributed by atoms with Crippen LogP contribution in [-0.2, 0) is 4.43 Å². The fourth-order valence-corrected chi connectivity index (χ4v) is 2.97. The zero-order valence-corrected chi connectivity index (χ0v) is 15.8. The molecule has 3 rings (SSSR count). The fraction of sp³-hybridized carbons (Fsp3) is 0.222. The number of rotatable bonds is 5. The van der Waals surface area contributed by atoms with Crippen molar-refractivity contribution in [3.63, 3.8) is 0 Å². The standard InChI is InChI=1S/C18H20ClN3OSi/c1-24(2,3)23-13-22(14-7-5-4-6-8-14)15-9-10-16-17(11-15)21-18(19)12-20-16/h4-12H,13H2,1-3H3. The molecular formula is C18H20ClN3OSi. The van der Waals surface area contributed by atoms with E-state index >= 15 is 0 Å². The van der Waals surface area contributed by atoms with Crippen LogP contribution >= 0.6 is 11.6 Å². The molecule has 1 aromatic heterocycles. The molecule has 0 fully saturated rings. The number of anilines is 2. The summed E-state index contributed by atoms with van der Waals surface area (Å²) in [5.74, 6) is 0. The highest BCUT2D eigenvalue weighted by molar-refractivity contribution is 6.69. The minimum Gasteiger partial charge on any atom is -0.400 e. The van der Waals surface area contributed by atoms with Crippen molar-refractivity contribution in [2.45, 2.75) is 19.6 Å². The second-order valence-electron chi connectivity index (χ2n) is 6.52. The van der Waals surface area contributed by atoms with E-state index in [1.54, 1.807) is 6.20 Å². The third-order valence-corrected chi connectivity index (χ3v) is 4.68. The Bertz CT molecular complexity index is 837. The number of nitrogens with zero attached hydrogens (tertiary/aromatic N) is 3. The molecule has 3 aromatic rings. The molecule has 0 saturated heterocycles. The number of halogens is 1. The Kier molecular flexibility index (Phi) is 4.85. The second-order valence-corrected chi connectivity index (χ2v) is 11.4. The molecule has 0 spiro atoms. The largest absolute Gasteiger partial charge is 0.400 e. The number of para-hydroxylation sites is 1. The zero-order valence-electron chi connectivity index (χ0n) is 14.0. The van der Waals surface area contributed by atoms with Crippen molar-refractivity contribution in [1.29, 1.82) is 0 Å². The predicted molar refractivity (Wildman–Crippen MR) is 102 cm³/mol. The van der Waals surface area contributed by atoms with E-state index in [4.69, 9.17) is 16.0 Å². The minimum absolute atomic E-state index is 0.393. The molecule has 0 aliphatic heterocycles. The van der Waals surface area contributed by atoms with E-state index in [2.05, 4.69) is 46.6 Å². The topological polar surface area (TPSA) is 38.2 Å². The van der Waals surface area contributed by atoms with E-state index < -0.39 is 8.32 Å². The van der Waals surface area contributed by atoms with Crippen molar-refractivity contribution in [1.82, 2.24) is 9.97 Å². The monoisotopic (exact) mass is 357 g/mol. The molecular weight excluding hydrogens is 338 g/mol. The van der Waals surface area contributed by atoms with Crippen molar-refractivity contribution in [2.24, 2.45) is 0 Å². The third kappa shape index (κ3) is 4.11. The Hall–Kier alpha value is -1.95. The van der Waals surface area contributed by atoms with Crippen LogP contribution in [0.2, 0.25) is 24.8 Å². The van der Waals surface area contributed by atoms with Gasteiger partial charge in [-0.15, -0.1) is 0 Å². The molecule has 0 radical (unpaired) electrons. The van der Waals surface area contributed by atoms with Crippen LogP contribution in [0.3, 0.4) is 0 Å². The van der Waals surface area contributed by atoms with Gasteiger partial charge in [-0.1, -0.05) is 29.8 Å². The van der Waals surface area contributed by atoms with Crippen molar-refractivity contribution in [3.8, 4) is 0 Å². The quantitative estimate of drug-likeness (QED) is 0.463. The summed E-state index contributed by atoms with van der Waals surface area (Å²) in [6.45, 7) is 7.05. The Morgan fingerprint density at radius 1 is 1.00 bits per heavy atom. The summed E-state index contributed by atoms with van der Waals surface area (Å²) in [5, 5.41) is 0.393. The lowest BCUT2D eigenvalue weighted by Gasteiger charge is -2.28. The maximum atomic E-state index is 6.14. The van der Waals surface area contributed by atoms with Gasteiger partial charge in [-0.25, -0.2) is 4.98 Å². The van der Waals surface area contributed by atoms with Crippen LogP contribution in [0.5, 0.6) is 0 Å². The molecule has 0 N–H and O–H groups in total. The van der Waals surface area contributed by atoms with Gasteiger partial charge in [0.05, 0.1) is 17.2 Å². The van der Waals surface area contributed by atoms with Crippen LogP contribution in [0, 0.1) is 0 Å². The van der Waals surface area contributed by atoms with Gasteiger partial charge in [-0.05, 0) is 50.0 Å². The fourth-order valence-electron chi connectivity index (χ4n) is 2.31. The summed E-state index contributed by atoms with van der Waals surface area (Å²) < 4.78 is 6.14. The van der Waals surface area contributed by atoms with Crippen molar-refractivity contribution >= 4 is 42.3 Å². The van der Waals surface area contributed by atoms with Crippen LogP contribution in [0.25, 0.3) is 11.0 Å². The second kappa shape index (κ2) is 6.89. The van der Waals surface area contributed by atoms with E-state index in [9.17, 15) is 0 Å². The van der Waals surface area contributed by atoms with Crippen molar-refractivity contribution in [3.05, 3.63) is 59.9 Å². The predicted octanol–water partition coefficient (Wildman–Crippen LogP) is 5.23. The maximum Gasteiger partial charge on any atom is 0.186 e. The average Bonchev–Trinajstić information content (AvgIpc) is 2.54. The van der Waals surface area contributed by atoms with Gasteiger partial charge in [0.15, 0.2) is 8.32 Å². The number of fused-ring (bicyclic) bond motifs is 1. The van der Waals surface area contributed by atoms with Crippen molar-refractivity contribution < 1.29 is 4.43 Å². The molecule has 24 heavy (non-hydrogen) atoms. The van der Waals surface area contributed by atoms with E-state index in [0.717, 1.165) is 22.4 Å². The highest BCUT2D eigenvalue weighted by Gasteiger charge is 2.18. The highest BCUT2D eigenvalue weighted by atomic mass is 35.5. The van der Waals surface area contributed by atoms with Crippen LogP contribution in [0.1, 0.15) is 0 Å². The van der Waals surface area contributed by atoms with E-state index in [1.165, 1.54) is 0 Å². The van der Waals surface area contributed by atoms with Gasteiger partial charge in [-0.3, -0.25) is 4.98 Å². The first-order chi connectivity index (χ1) is 11.4. The van der Waals surface area contributed by atoms with Crippen LogP contribution in [0.15, 0.2) is 54.7 Å². The van der Waals surface area contributed by atoms with Gasteiger partial charge in [0.1, 0.15) is 11.9 Å². The molecule has 0 aliphatic carbocycles. The van der Waals surface area contributed by atoms with Crippen LogP contribution in [0.4, 0.5) is 11.4 Å². The van der Waals surface area contributed by atoms with Crippen LogP contribution in [-0.4, -0.2) is 25.0 Å². The molecule has 124 valence electrons. The Balaban J connectivity index is 2.01.